The zero-order valence-corrected chi connectivity index (χ0v) is 28.7. The maximum atomic E-state index is 12.0. The van der Waals surface area contributed by atoms with Gasteiger partial charge in [-0.15, -0.1) is 0 Å². The largest absolute Gasteiger partial charge is 0.495 e. The van der Waals surface area contributed by atoms with E-state index in [-0.39, 0.29) is 5.78 Å². The van der Waals surface area contributed by atoms with E-state index >= 15 is 0 Å². The van der Waals surface area contributed by atoms with Crippen molar-refractivity contribution in [1.82, 2.24) is 0 Å². The van der Waals surface area contributed by atoms with Gasteiger partial charge < -0.3 is 43.9 Å². The van der Waals surface area contributed by atoms with Crippen LogP contribution in [-0.4, -0.2) is 20.0 Å². The van der Waals surface area contributed by atoms with Crippen molar-refractivity contribution in [3.63, 3.8) is 0 Å². The van der Waals surface area contributed by atoms with E-state index in [1.807, 2.05) is 74.5 Å². The molecule has 0 aromatic heterocycles. The maximum Gasteiger partial charge on any atom is 0.193 e. The van der Waals surface area contributed by atoms with Crippen LogP contribution in [0.1, 0.15) is 27.0 Å². The molecule has 0 saturated heterocycles. The number of methoxy groups -OCH3 is 2. The Morgan fingerprint density at radius 2 is 0.780 bits per heavy atom. The molecule has 0 spiro atoms. The number of aryl methyl sites for hydroxylation is 2. The number of hydrogen-bond donors (Lipinski definition) is 6. The molecule has 256 valence electrons. The summed E-state index contributed by atoms with van der Waals surface area (Å²) in [4.78, 5) is 12.0. The first kappa shape index (κ1) is 36.2. The Labute approximate surface area is 293 Å². The number of benzene rings is 6. The number of rotatable bonds is 6. The zero-order valence-electron chi connectivity index (χ0n) is 28.7. The Kier molecular flexibility index (Phi) is 11.9. The van der Waals surface area contributed by atoms with Crippen LogP contribution in [0.3, 0.4) is 0 Å². The second-order valence-corrected chi connectivity index (χ2v) is 11.6. The molecule has 0 amide bonds. The SMILES string of the molecule is COc1cc(-c2ccc(N)c(OC)c2)ccc1N.Cc1cc(-c2ccc(N)c(C)c2)ccc1N.Nc1cccc(C(=O)c2cccc(N)c2)c1. The van der Waals surface area contributed by atoms with Gasteiger partial charge in [-0.1, -0.05) is 48.5 Å². The number of hydrogen-bond acceptors (Lipinski definition) is 9. The number of nitrogens with two attached hydrogens (primary N) is 6. The van der Waals surface area contributed by atoms with Crippen molar-refractivity contribution in [2.75, 3.05) is 48.6 Å². The third kappa shape index (κ3) is 9.26. The van der Waals surface area contributed by atoms with E-state index in [4.69, 9.17) is 43.9 Å². The topological polar surface area (TPSA) is 192 Å². The Morgan fingerprint density at radius 1 is 0.440 bits per heavy atom. The summed E-state index contributed by atoms with van der Waals surface area (Å²) >= 11 is 0. The molecule has 12 N–H and O–H groups in total. The van der Waals surface area contributed by atoms with Gasteiger partial charge in [0.25, 0.3) is 0 Å². The lowest BCUT2D eigenvalue weighted by molar-refractivity contribution is 0.103. The summed E-state index contributed by atoms with van der Waals surface area (Å²) in [6, 6.07) is 37.2. The zero-order chi connectivity index (χ0) is 36.4. The van der Waals surface area contributed by atoms with Gasteiger partial charge in [0.15, 0.2) is 5.78 Å². The van der Waals surface area contributed by atoms with Crippen LogP contribution in [0.4, 0.5) is 34.1 Å². The standard InChI is InChI=1S/C14H16N2O2.C14H16N2.C13H12N2O/c1-17-13-7-9(3-5-11(13)15)10-4-6-12(16)14(8-10)18-2;1-9-7-11(3-5-13(9)15)12-4-6-14(16)10(2)8-12;14-11-5-1-3-9(7-11)13(16)10-4-2-6-12(15)8-10/h3-8H,15-16H2,1-2H3;3-8H,15-16H2,1-2H3;1-8H,14-15H2. The predicted octanol–water partition coefficient (Wildman–Crippen LogP) is 7.75. The highest BCUT2D eigenvalue weighted by Gasteiger charge is 2.09. The fourth-order valence-corrected chi connectivity index (χ4v) is 5.02. The minimum atomic E-state index is -0.0698. The summed E-state index contributed by atoms with van der Waals surface area (Å²) < 4.78 is 10.4. The van der Waals surface area contributed by atoms with Crippen LogP contribution in [0, 0.1) is 13.8 Å². The number of carbonyl (C=O) groups excluding carboxylic acids is 1. The average molecular weight is 669 g/mol. The molecule has 0 atom stereocenters. The number of nitrogen functional groups attached to an aromatic ring is 6. The smallest absolute Gasteiger partial charge is 0.193 e. The minimum Gasteiger partial charge on any atom is -0.495 e. The number of carbonyl (C=O) groups is 1. The first-order valence-electron chi connectivity index (χ1n) is 15.8. The Bertz CT molecular complexity index is 1960. The molecule has 6 aromatic carbocycles. The Hall–Kier alpha value is -6.61. The highest BCUT2D eigenvalue weighted by Crippen LogP contribution is 2.33. The number of ketones is 1. The van der Waals surface area contributed by atoms with Crippen molar-refractivity contribution in [2.45, 2.75) is 13.8 Å². The average Bonchev–Trinajstić information content (AvgIpc) is 3.11. The lowest BCUT2D eigenvalue weighted by Gasteiger charge is -2.10. The second kappa shape index (κ2) is 16.5. The van der Waals surface area contributed by atoms with Gasteiger partial charge in [0.05, 0.1) is 25.6 Å². The molecule has 0 heterocycles. The summed E-state index contributed by atoms with van der Waals surface area (Å²) in [6.45, 7) is 4.03. The second-order valence-electron chi connectivity index (χ2n) is 11.6. The van der Waals surface area contributed by atoms with Crippen molar-refractivity contribution in [3.05, 3.63) is 144 Å². The molecule has 9 nitrogen and oxygen atoms in total. The van der Waals surface area contributed by atoms with Crippen LogP contribution >= 0.6 is 0 Å². The van der Waals surface area contributed by atoms with Crippen LogP contribution in [0.25, 0.3) is 22.3 Å². The van der Waals surface area contributed by atoms with Gasteiger partial charge in [-0.05, 0) is 120 Å². The van der Waals surface area contributed by atoms with E-state index in [2.05, 4.69) is 12.1 Å². The maximum absolute atomic E-state index is 12.0. The molecule has 0 saturated carbocycles. The van der Waals surface area contributed by atoms with Crippen molar-refractivity contribution in [2.24, 2.45) is 0 Å². The molecule has 0 aliphatic rings. The van der Waals surface area contributed by atoms with Gasteiger partial charge in [-0.3, -0.25) is 4.79 Å². The summed E-state index contributed by atoms with van der Waals surface area (Å²) in [7, 11) is 3.19. The summed E-state index contributed by atoms with van der Waals surface area (Å²) in [6.07, 6.45) is 0. The molecule has 0 fully saturated rings. The molecule has 6 aromatic rings. The lowest BCUT2D eigenvalue weighted by atomic mass is 10.0. The number of anilines is 6. The first-order chi connectivity index (χ1) is 23.9. The van der Waals surface area contributed by atoms with E-state index < -0.39 is 0 Å². The fourth-order valence-electron chi connectivity index (χ4n) is 5.02. The molecule has 6 rings (SSSR count). The highest BCUT2D eigenvalue weighted by atomic mass is 16.5. The molecule has 0 radical (unpaired) electrons. The fraction of sp³-hybridized carbons (Fsp3) is 0.0976. The molecule has 0 aliphatic heterocycles. The van der Waals surface area contributed by atoms with Crippen molar-refractivity contribution < 1.29 is 14.3 Å². The number of ether oxygens (including phenoxy) is 2. The van der Waals surface area contributed by atoms with Gasteiger partial charge in [0.1, 0.15) is 11.5 Å². The van der Waals surface area contributed by atoms with Gasteiger partial charge in [0.2, 0.25) is 0 Å². The summed E-state index contributed by atoms with van der Waals surface area (Å²) in [5.41, 5.74) is 46.2. The van der Waals surface area contributed by atoms with E-state index in [1.54, 1.807) is 62.8 Å². The van der Waals surface area contributed by atoms with Crippen molar-refractivity contribution in [1.29, 1.82) is 0 Å². The highest BCUT2D eigenvalue weighted by molar-refractivity contribution is 6.09. The third-order valence-electron chi connectivity index (χ3n) is 7.97. The molecule has 50 heavy (non-hydrogen) atoms. The lowest BCUT2D eigenvalue weighted by Crippen LogP contribution is -2.02. The Balaban J connectivity index is 0.000000169. The molecule has 9 heteroatoms. The quantitative estimate of drug-likeness (QED) is 0.0760. The van der Waals surface area contributed by atoms with Crippen LogP contribution in [-0.2, 0) is 0 Å². The molecular formula is C41H44N6O3. The predicted molar refractivity (Wildman–Crippen MR) is 209 cm³/mol. The van der Waals surface area contributed by atoms with Crippen molar-refractivity contribution in [3.8, 4) is 33.8 Å². The summed E-state index contributed by atoms with van der Waals surface area (Å²) in [5, 5.41) is 0. The molecule has 0 bridgehead atoms. The monoisotopic (exact) mass is 668 g/mol. The van der Waals surface area contributed by atoms with E-state index in [0.29, 0.717) is 45.4 Å². The van der Waals surface area contributed by atoms with Gasteiger partial charge in [0, 0.05) is 33.9 Å². The van der Waals surface area contributed by atoms with Gasteiger partial charge in [-0.2, -0.15) is 0 Å². The Morgan fingerprint density at radius 3 is 1.10 bits per heavy atom. The normalized spacial score (nSPS) is 10.2. The molecule has 0 aliphatic carbocycles. The summed E-state index contributed by atoms with van der Waals surface area (Å²) in [5.74, 6) is 1.24. The molecular weight excluding hydrogens is 624 g/mol. The van der Waals surface area contributed by atoms with E-state index in [9.17, 15) is 4.79 Å². The van der Waals surface area contributed by atoms with Crippen LogP contribution in [0.15, 0.2) is 121 Å². The van der Waals surface area contributed by atoms with Crippen molar-refractivity contribution >= 4 is 39.9 Å². The van der Waals surface area contributed by atoms with Crippen LogP contribution < -0.4 is 43.9 Å². The van der Waals surface area contributed by atoms with E-state index in [0.717, 1.165) is 33.6 Å². The van der Waals surface area contributed by atoms with Crippen LogP contribution in [0.2, 0.25) is 0 Å². The van der Waals surface area contributed by atoms with Gasteiger partial charge >= 0.3 is 0 Å². The third-order valence-corrected chi connectivity index (χ3v) is 7.97. The first-order valence-corrected chi connectivity index (χ1v) is 15.8. The van der Waals surface area contributed by atoms with Crippen LogP contribution in [0.5, 0.6) is 11.5 Å². The van der Waals surface area contributed by atoms with E-state index in [1.165, 1.54) is 11.1 Å². The minimum absolute atomic E-state index is 0.0698. The molecule has 0 unspecified atom stereocenters. The van der Waals surface area contributed by atoms with Gasteiger partial charge in [-0.25, -0.2) is 0 Å².